The van der Waals surface area contributed by atoms with Crippen LogP contribution in [-0.2, 0) is 23.9 Å². The minimum Gasteiger partial charge on any atom is -0.355 e. The molecule has 0 aliphatic rings. The molecule has 0 saturated carbocycles. The molecular weight excluding hydrogens is 390 g/mol. The van der Waals surface area contributed by atoms with Gasteiger partial charge in [0.25, 0.3) is 5.91 Å². The summed E-state index contributed by atoms with van der Waals surface area (Å²) in [4.78, 5) is 28.2. The average Bonchev–Trinajstić information content (AvgIpc) is 2.66. The number of amides is 2. The second-order valence-electron chi connectivity index (χ2n) is 6.69. The van der Waals surface area contributed by atoms with Crippen molar-refractivity contribution < 1.29 is 27.2 Å². The van der Waals surface area contributed by atoms with Crippen LogP contribution in [0.5, 0.6) is 0 Å². The molecule has 0 unspecified atom stereocenters. The number of benzene rings is 1. The number of hydrogen-bond donors (Lipinski definition) is 2. The maximum atomic E-state index is 13.4. The highest BCUT2D eigenvalue weighted by Crippen LogP contribution is 2.31. The van der Waals surface area contributed by atoms with Crippen LogP contribution in [0, 0.1) is 11.7 Å². The lowest BCUT2D eigenvalue weighted by atomic mass is 10.1. The molecule has 0 fully saturated rings. The molecule has 2 N–H and O–H groups in total. The van der Waals surface area contributed by atoms with E-state index < -0.39 is 23.5 Å². The largest absolute Gasteiger partial charge is 0.419 e. The predicted molar refractivity (Wildman–Crippen MR) is 98.4 cm³/mol. The third-order valence-electron chi connectivity index (χ3n) is 4.11. The Kier molecular flexibility index (Phi) is 7.30. The van der Waals surface area contributed by atoms with Crippen LogP contribution in [-0.4, -0.2) is 23.3 Å². The second-order valence-corrected chi connectivity index (χ2v) is 6.69. The molecule has 0 bridgehead atoms. The zero-order valence-corrected chi connectivity index (χ0v) is 15.9. The van der Waals surface area contributed by atoms with E-state index in [1.165, 1.54) is 18.3 Å². The van der Waals surface area contributed by atoms with E-state index in [9.17, 15) is 27.2 Å². The van der Waals surface area contributed by atoms with Crippen molar-refractivity contribution in [1.82, 2.24) is 15.6 Å². The van der Waals surface area contributed by atoms with Crippen molar-refractivity contribution in [1.29, 1.82) is 0 Å². The van der Waals surface area contributed by atoms with Crippen LogP contribution < -0.4 is 10.6 Å². The van der Waals surface area contributed by atoms with Crippen LogP contribution in [0.3, 0.4) is 0 Å². The van der Waals surface area contributed by atoms with Crippen molar-refractivity contribution in [3.63, 3.8) is 0 Å². The number of pyridine rings is 1. The summed E-state index contributed by atoms with van der Waals surface area (Å²) in [5.74, 6) is -2.19. The van der Waals surface area contributed by atoms with Crippen molar-refractivity contribution in [3.05, 3.63) is 64.7 Å². The molecule has 0 aliphatic carbocycles. The Morgan fingerprint density at radius 2 is 1.86 bits per heavy atom. The fourth-order valence-electron chi connectivity index (χ4n) is 2.53. The first-order valence-electron chi connectivity index (χ1n) is 8.95. The van der Waals surface area contributed by atoms with E-state index in [4.69, 9.17) is 0 Å². The summed E-state index contributed by atoms with van der Waals surface area (Å²) in [7, 11) is 0. The van der Waals surface area contributed by atoms with Crippen molar-refractivity contribution in [2.24, 2.45) is 5.92 Å². The van der Waals surface area contributed by atoms with Gasteiger partial charge in [-0.25, -0.2) is 4.39 Å². The Balaban J connectivity index is 2.04. The number of nitrogens with zero attached hydrogens (tertiary/aromatic N) is 1. The van der Waals surface area contributed by atoms with Gasteiger partial charge in [0.15, 0.2) is 0 Å². The molecule has 2 rings (SSSR count). The molecule has 9 heteroatoms. The fourth-order valence-corrected chi connectivity index (χ4v) is 2.53. The molecule has 1 heterocycles. The maximum Gasteiger partial charge on any atom is 0.419 e. The van der Waals surface area contributed by atoms with Crippen molar-refractivity contribution in [2.75, 3.05) is 6.54 Å². The molecule has 29 heavy (non-hydrogen) atoms. The van der Waals surface area contributed by atoms with Crippen LogP contribution >= 0.6 is 0 Å². The highest BCUT2D eigenvalue weighted by molar-refractivity contribution is 5.95. The lowest BCUT2D eigenvalue weighted by Gasteiger charge is -2.12. The summed E-state index contributed by atoms with van der Waals surface area (Å²) in [5, 5.41) is 5.24. The molecule has 0 radical (unpaired) electrons. The Labute approximate surface area is 165 Å². The number of halogens is 4. The normalized spacial score (nSPS) is 11.4. The molecule has 0 spiro atoms. The Morgan fingerprint density at radius 3 is 2.52 bits per heavy atom. The van der Waals surface area contributed by atoms with Crippen LogP contribution in [0.4, 0.5) is 17.6 Å². The molecule has 1 aromatic heterocycles. The first-order valence-corrected chi connectivity index (χ1v) is 8.95. The molecule has 2 amide bonds. The minimum absolute atomic E-state index is 0.113. The van der Waals surface area contributed by atoms with Gasteiger partial charge in [-0.2, -0.15) is 13.2 Å². The van der Waals surface area contributed by atoms with Crippen molar-refractivity contribution >= 4 is 11.8 Å². The van der Waals surface area contributed by atoms with E-state index in [0.717, 1.165) is 6.07 Å². The van der Waals surface area contributed by atoms with Crippen LogP contribution in [0.1, 0.15) is 41.0 Å². The molecule has 156 valence electrons. The third-order valence-corrected chi connectivity index (χ3v) is 4.11. The number of alkyl halides is 3. The highest BCUT2D eigenvalue weighted by atomic mass is 19.4. The summed E-state index contributed by atoms with van der Waals surface area (Å²) >= 11 is 0. The summed E-state index contributed by atoms with van der Waals surface area (Å²) in [6, 6.07) is 5.66. The van der Waals surface area contributed by atoms with Gasteiger partial charge in [0.2, 0.25) is 5.91 Å². The van der Waals surface area contributed by atoms with Crippen LogP contribution in [0.2, 0.25) is 0 Å². The predicted octanol–water partition coefficient (Wildman–Crippen LogP) is 3.48. The first-order chi connectivity index (χ1) is 13.6. The smallest absolute Gasteiger partial charge is 0.355 e. The SMILES string of the molecule is CC(C)C(=O)NCCc1ncccc1C(=O)NCc1ccc(F)c(C(F)(F)F)c1. The van der Waals surface area contributed by atoms with Crippen LogP contribution in [0.25, 0.3) is 0 Å². The maximum absolute atomic E-state index is 13.4. The monoisotopic (exact) mass is 411 g/mol. The Bertz CT molecular complexity index is 882. The fraction of sp³-hybridized carbons (Fsp3) is 0.350. The van der Waals surface area contributed by atoms with Gasteiger partial charge in [0, 0.05) is 31.6 Å². The Morgan fingerprint density at radius 1 is 1.14 bits per heavy atom. The molecule has 5 nitrogen and oxygen atoms in total. The summed E-state index contributed by atoms with van der Waals surface area (Å²) in [6.45, 7) is 3.60. The molecule has 0 saturated heterocycles. The summed E-state index contributed by atoms with van der Waals surface area (Å²) < 4.78 is 51.8. The molecule has 2 aromatic rings. The molecule has 0 atom stereocenters. The van der Waals surface area contributed by atoms with E-state index in [1.807, 2.05) is 0 Å². The first kappa shape index (κ1) is 22.3. The van der Waals surface area contributed by atoms with Gasteiger partial charge in [-0.1, -0.05) is 19.9 Å². The van der Waals surface area contributed by atoms with E-state index in [1.54, 1.807) is 19.9 Å². The average molecular weight is 411 g/mol. The highest BCUT2D eigenvalue weighted by Gasteiger charge is 2.34. The van der Waals surface area contributed by atoms with E-state index in [-0.39, 0.29) is 29.5 Å². The van der Waals surface area contributed by atoms with Gasteiger partial charge in [-0.15, -0.1) is 0 Å². The van der Waals surface area contributed by atoms with E-state index in [2.05, 4.69) is 15.6 Å². The summed E-state index contributed by atoms with van der Waals surface area (Å²) in [6.07, 6.45) is -3.00. The number of nitrogens with one attached hydrogen (secondary N) is 2. The quantitative estimate of drug-likeness (QED) is 0.686. The zero-order valence-electron chi connectivity index (χ0n) is 15.9. The number of carbonyl (C=O) groups excluding carboxylic acids is 2. The van der Waals surface area contributed by atoms with E-state index in [0.29, 0.717) is 24.7 Å². The number of carbonyl (C=O) groups is 2. The van der Waals surface area contributed by atoms with Gasteiger partial charge in [0.05, 0.1) is 16.8 Å². The molecule has 0 aliphatic heterocycles. The molecule has 1 aromatic carbocycles. The van der Waals surface area contributed by atoms with E-state index >= 15 is 0 Å². The number of aromatic nitrogens is 1. The topological polar surface area (TPSA) is 71.1 Å². The van der Waals surface area contributed by atoms with Crippen molar-refractivity contribution in [2.45, 2.75) is 33.0 Å². The van der Waals surface area contributed by atoms with Gasteiger partial charge in [-0.05, 0) is 29.8 Å². The number of hydrogen-bond acceptors (Lipinski definition) is 3. The number of rotatable bonds is 7. The second kappa shape index (κ2) is 9.49. The Hall–Kier alpha value is -2.97. The van der Waals surface area contributed by atoms with Gasteiger partial charge in [0.1, 0.15) is 5.82 Å². The lowest BCUT2D eigenvalue weighted by Crippen LogP contribution is -2.30. The van der Waals surface area contributed by atoms with Gasteiger partial charge in [-0.3, -0.25) is 14.6 Å². The van der Waals surface area contributed by atoms with Gasteiger partial charge >= 0.3 is 6.18 Å². The molecular formula is C20H21F4N3O2. The summed E-state index contributed by atoms with van der Waals surface area (Å²) in [5.41, 5.74) is -0.567. The zero-order chi connectivity index (χ0) is 21.6. The lowest BCUT2D eigenvalue weighted by molar-refractivity contribution is -0.140. The van der Waals surface area contributed by atoms with Gasteiger partial charge < -0.3 is 10.6 Å². The minimum atomic E-state index is -4.82. The standard InChI is InChI=1S/C20H21F4N3O2/c1-12(2)18(28)26-9-7-17-14(4-3-8-25-17)19(29)27-11-13-5-6-16(21)15(10-13)20(22,23)24/h3-6,8,10,12H,7,9,11H2,1-2H3,(H,26,28)(H,27,29). The van der Waals surface area contributed by atoms with Crippen LogP contribution in [0.15, 0.2) is 36.5 Å². The third kappa shape index (κ3) is 6.27. The van der Waals surface area contributed by atoms with Crippen molar-refractivity contribution in [3.8, 4) is 0 Å².